The van der Waals surface area contributed by atoms with E-state index in [0.29, 0.717) is 11.0 Å². The Morgan fingerprint density at radius 2 is 1.68 bits per heavy atom. The molecule has 25 heavy (non-hydrogen) atoms. The smallest absolute Gasteiger partial charge is 0.175 e. The van der Waals surface area contributed by atoms with Gasteiger partial charge in [-0.05, 0) is 54.0 Å². The maximum absolute atomic E-state index is 5.47. The summed E-state index contributed by atoms with van der Waals surface area (Å²) in [5.74, 6) is 0.444. The molecule has 0 saturated carbocycles. The first-order valence-corrected chi connectivity index (χ1v) is 9.14. The van der Waals surface area contributed by atoms with E-state index in [1.54, 1.807) is 0 Å². The number of para-hydroxylation sites is 1. The zero-order chi connectivity index (χ0) is 17.6. The summed E-state index contributed by atoms with van der Waals surface area (Å²) in [5.41, 5.74) is 4.52. The van der Waals surface area contributed by atoms with Gasteiger partial charge < -0.3 is 20.3 Å². The fourth-order valence-corrected chi connectivity index (χ4v) is 3.20. The number of benzene rings is 2. The summed E-state index contributed by atoms with van der Waals surface area (Å²) in [4.78, 5) is 2.34. The lowest BCUT2D eigenvalue weighted by molar-refractivity contribution is 0.122. The molecule has 0 unspecified atom stereocenters. The fraction of sp³-hybridized carbons (Fsp3) is 0.350. The molecule has 132 valence electrons. The van der Waals surface area contributed by atoms with Crippen LogP contribution in [0.4, 0.5) is 17.1 Å². The molecule has 1 aliphatic heterocycles. The van der Waals surface area contributed by atoms with Crippen molar-refractivity contribution >= 4 is 34.4 Å². The van der Waals surface area contributed by atoms with Crippen molar-refractivity contribution in [1.82, 2.24) is 0 Å². The second kappa shape index (κ2) is 8.32. The van der Waals surface area contributed by atoms with E-state index in [1.807, 2.05) is 6.07 Å². The average molecular weight is 356 g/mol. The maximum Gasteiger partial charge on any atom is 0.175 e. The first-order chi connectivity index (χ1) is 12.1. The van der Waals surface area contributed by atoms with Crippen molar-refractivity contribution in [2.24, 2.45) is 0 Å². The molecule has 1 fully saturated rings. The molecule has 2 aromatic rings. The van der Waals surface area contributed by atoms with E-state index in [9.17, 15) is 0 Å². The summed E-state index contributed by atoms with van der Waals surface area (Å²) in [6, 6.07) is 16.6. The van der Waals surface area contributed by atoms with Gasteiger partial charge >= 0.3 is 0 Å². The van der Waals surface area contributed by atoms with Gasteiger partial charge in [-0.25, -0.2) is 0 Å². The topological polar surface area (TPSA) is 36.5 Å². The van der Waals surface area contributed by atoms with E-state index in [0.717, 1.165) is 37.7 Å². The van der Waals surface area contributed by atoms with E-state index >= 15 is 0 Å². The number of thiocarbonyl (C=S) groups is 1. The van der Waals surface area contributed by atoms with Gasteiger partial charge in [0, 0.05) is 30.2 Å². The largest absolute Gasteiger partial charge is 0.378 e. The monoisotopic (exact) mass is 355 g/mol. The number of ether oxygens (including phenoxy) is 1. The summed E-state index contributed by atoms with van der Waals surface area (Å²) >= 11 is 5.47. The van der Waals surface area contributed by atoms with Gasteiger partial charge in [0.1, 0.15) is 0 Å². The minimum Gasteiger partial charge on any atom is -0.378 e. The van der Waals surface area contributed by atoms with E-state index in [-0.39, 0.29) is 0 Å². The minimum atomic E-state index is 0.444. The van der Waals surface area contributed by atoms with Gasteiger partial charge in [0.05, 0.1) is 13.2 Å². The van der Waals surface area contributed by atoms with Gasteiger partial charge in [0.2, 0.25) is 0 Å². The molecule has 1 heterocycles. The molecule has 0 radical (unpaired) electrons. The SMILES string of the molecule is CC(C)c1ccccc1NC(=S)Nc1ccc(N2CCOCC2)cc1. The highest BCUT2D eigenvalue weighted by Crippen LogP contribution is 2.24. The molecule has 4 nitrogen and oxygen atoms in total. The lowest BCUT2D eigenvalue weighted by Crippen LogP contribution is -2.36. The van der Waals surface area contributed by atoms with Crippen LogP contribution in [0.3, 0.4) is 0 Å². The Balaban J connectivity index is 1.61. The summed E-state index contributed by atoms with van der Waals surface area (Å²) in [5, 5.41) is 7.18. The van der Waals surface area contributed by atoms with Crippen LogP contribution in [0, 0.1) is 0 Å². The van der Waals surface area contributed by atoms with Gasteiger partial charge in [-0.1, -0.05) is 32.0 Å². The quantitative estimate of drug-likeness (QED) is 0.792. The molecule has 1 saturated heterocycles. The summed E-state index contributed by atoms with van der Waals surface area (Å²) in [6.07, 6.45) is 0. The summed E-state index contributed by atoms with van der Waals surface area (Å²) in [6.45, 7) is 7.84. The zero-order valence-electron chi connectivity index (χ0n) is 14.8. The predicted octanol–water partition coefficient (Wildman–Crippen LogP) is 4.46. The van der Waals surface area contributed by atoms with Crippen LogP contribution in [-0.4, -0.2) is 31.4 Å². The highest BCUT2D eigenvalue weighted by atomic mass is 32.1. The molecule has 0 spiro atoms. The second-order valence-electron chi connectivity index (χ2n) is 6.47. The third kappa shape index (κ3) is 4.71. The number of rotatable bonds is 4. The standard InChI is InChI=1S/C20H25N3OS/c1-15(2)18-5-3-4-6-19(18)22-20(25)21-16-7-9-17(10-8-16)23-11-13-24-14-12-23/h3-10,15H,11-14H2,1-2H3,(H2,21,22,25). The van der Waals surface area contributed by atoms with Crippen molar-refractivity contribution < 1.29 is 4.74 Å². The molecule has 0 atom stereocenters. The van der Waals surface area contributed by atoms with Crippen LogP contribution in [0.15, 0.2) is 48.5 Å². The Bertz CT molecular complexity index is 709. The Kier molecular flexibility index (Phi) is 5.89. The average Bonchev–Trinajstić information content (AvgIpc) is 2.63. The van der Waals surface area contributed by atoms with E-state index in [1.165, 1.54) is 11.3 Å². The first-order valence-electron chi connectivity index (χ1n) is 8.73. The highest BCUT2D eigenvalue weighted by Gasteiger charge is 2.11. The van der Waals surface area contributed by atoms with E-state index in [2.05, 4.69) is 71.8 Å². The van der Waals surface area contributed by atoms with Crippen LogP contribution < -0.4 is 15.5 Å². The van der Waals surface area contributed by atoms with Gasteiger partial charge in [0.25, 0.3) is 0 Å². The maximum atomic E-state index is 5.47. The van der Waals surface area contributed by atoms with Crippen LogP contribution in [0.1, 0.15) is 25.3 Å². The van der Waals surface area contributed by atoms with Crippen LogP contribution in [-0.2, 0) is 4.74 Å². The first kappa shape index (κ1) is 17.7. The minimum absolute atomic E-state index is 0.444. The van der Waals surface area contributed by atoms with Gasteiger partial charge in [-0.15, -0.1) is 0 Å². The van der Waals surface area contributed by atoms with Crippen molar-refractivity contribution in [3.63, 3.8) is 0 Å². The van der Waals surface area contributed by atoms with Gasteiger partial charge in [-0.2, -0.15) is 0 Å². The molecule has 0 bridgehead atoms. The molecule has 0 aliphatic carbocycles. The van der Waals surface area contributed by atoms with Gasteiger partial charge in [-0.3, -0.25) is 0 Å². The normalized spacial score (nSPS) is 14.4. The van der Waals surface area contributed by atoms with Crippen molar-refractivity contribution in [2.75, 3.05) is 41.8 Å². The third-order valence-corrected chi connectivity index (χ3v) is 4.54. The van der Waals surface area contributed by atoms with Crippen molar-refractivity contribution in [1.29, 1.82) is 0 Å². The van der Waals surface area contributed by atoms with E-state index < -0.39 is 0 Å². The van der Waals surface area contributed by atoms with Crippen LogP contribution in [0.25, 0.3) is 0 Å². The Morgan fingerprint density at radius 1 is 1.00 bits per heavy atom. The number of hydrogen-bond donors (Lipinski definition) is 2. The number of anilines is 3. The molecule has 0 amide bonds. The Hall–Kier alpha value is -2.11. The molecular weight excluding hydrogens is 330 g/mol. The summed E-state index contributed by atoms with van der Waals surface area (Å²) in [7, 11) is 0. The lowest BCUT2D eigenvalue weighted by Gasteiger charge is -2.29. The van der Waals surface area contributed by atoms with Crippen LogP contribution in [0.2, 0.25) is 0 Å². The zero-order valence-corrected chi connectivity index (χ0v) is 15.6. The van der Waals surface area contributed by atoms with Crippen LogP contribution in [0.5, 0.6) is 0 Å². The third-order valence-electron chi connectivity index (χ3n) is 4.33. The molecule has 1 aliphatic rings. The second-order valence-corrected chi connectivity index (χ2v) is 6.88. The number of nitrogens with one attached hydrogen (secondary N) is 2. The van der Waals surface area contributed by atoms with Crippen LogP contribution >= 0.6 is 12.2 Å². The molecule has 5 heteroatoms. The number of morpholine rings is 1. The molecule has 3 rings (SSSR count). The molecule has 2 aromatic carbocycles. The fourth-order valence-electron chi connectivity index (χ4n) is 2.98. The lowest BCUT2D eigenvalue weighted by atomic mass is 10.0. The van der Waals surface area contributed by atoms with Gasteiger partial charge in [0.15, 0.2) is 5.11 Å². The predicted molar refractivity (Wildman–Crippen MR) is 110 cm³/mol. The highest BCUT2D eigenvalue weighted by molar-refractivity contribution is 7.80. The van der Waals surface area contributed by atoms with Crippen molar-refractivity contribution in [3.8, 4) is 0 Å². The molecule has 0 aromatic heterocycles. The van der Waals surface area contributed by atoms with Crippen molar-refractivity contribution in [2.45, 2.75) is 19.8 Å². The molecule has 2 N–H and O–H groups in total. The Labute approximate surface area is 155 Å². The van der Waals surface area contributed by atoms with E-state index in [4.69, 9.17) is 17.0 Å². The molecular formula is C20H25N3OS. The van der Waals surface area contributed by atoms with Crippen molar-refractivity contribution in [3.05, 3.63) is 54.1 Å². The number of nitrogens with zero attached hydrogens (tertiary/aromatic N) is 1. The number of hydrogen-bond acceptors (Lipinski definition) is 3. The summed E-state index contributed by atoms with van der Waals surface area (Å²) < 4.78 is 5.40. The Morgan fingerprint density at radius 3 is 2.36 bits per heavy atom.